The molecule has 4 heteroatoms. The molecule has 1 heterocycles. The molecule has 0 spiro atoms. The molecule has 0 radical (unpaired) electrons. The molecule has 1 aliphatic rings. The maximum Gasteiger partial charge on any atom is 0.224 e. The minimum atomic E-state index is 0.0541. The van der Waals surface area contributed by atoms with Gasteiger partial charge in [-0.15, -0.1) is 0 Å². The van der Waals surface area contributed by atoms with E-state index >= 15 is 0 Å². The van der Waals surface area contributed by atoms with Gasteiger partial charge in [0.15, 0.2) is 0 Å². The number of hydrogen-bond acceptors (Lipinski definition) is 2. The fourth-order valence-corrected chi connectivity index (χ4v) is 3.37. The summed E-state index contributed by atoms with van der Waals surface area (Å²) in [6.45, 7) is 1.94. The van der Waals surface area contributed by atoms with Crippen molar-refractivity contribution in [1.82, 2.24) is 10.3 Å². The van der Waals surface area contributed by atoms with E-state index in [1.807, 2.05) is 25.1 Å². The second-order valence-electron chi connectivity index (χ2n) is 5.45. The second kappa shape index (κ2) is 5.98. The van der Waals surface area contributed by atoms with Crippen LogP contribution >= 0.6 is 15.9 Å². The summed E-state index contributed by atoms with van der Waals surface area (Å²) in [4.78, 5) is 16.4. The number of fused-ring (bicyclic) bond motifs is 1. The van der Waals surface area contributed by atoms with Gasteiger partial charge in [0.25, 0.3) is 0 Å². The van der Waals surface area contributed by atoms with Crippen molar-refractivity contribution in [2.24, 2.45) is 0 Å². The Bertz CT molecular complexity index is 667. The van der Waals surface area contributed by atoms with Crippen LogP contribution in [0.5, 0.6) is 0 Å². The van der Waals surface area contributed by atoms with E-state index in [4.69, 9.17) is 0 Å². The van der Waals surface area contributed by atoms with Crippen molar-refractivity contribution in [2.75, 3.05) is 0 Å². The van der Waals surface area contributed by atoms with Crippen molar-refractivity contribution >= 4 is 21.8 Å². The Morgan fingerprint density at radius 1 is 1.38 bits per heavy atom. The first-order chi connectivity index (χ1) is 10.1. The highest BCUT2D eigenvalue weighted by atomic mass is 79.9. The third kappa shape index (κ3) is 3.16. The first-order valence-electron chi connectivity index (χ1n) is 7.11. The third-order valence-corrected chi connectivity index (χ3v) is 4.63. The van der Waals surface area contributed by atoms with E-state index in [0.717, 1.165) is 28.6 Å². The second-order valence-corrected chi connectivity index (χ2v) is 6.31. The molecule has 108 valence electrons. The van der Waals surface area contributed by atoms with Gasteiger partial charge in [0.05, 0.1) is 12.5 Å². The first-order valence-corrected chi connectivity index (χ1v) is 7.91. The summed E-state index contributed by atoms with van der Waals surface area (Å²) in [5, 5.41) is 3.14. The van der Waals surface area contributed by atoms with Crippen LogP contribution in [0.15, 0.2) is 41.0 Å². The maximum atomic E-state index is 12.2. The average molecular weight is 345 g/mol. The van der Waals surface area contributed by atoms with Crippen molar-refractivity contribution < 1.29 is 4.79 Å². The smallest absolute Gasteiger partial charge is 0.224 e. The topological polar surface area (TPSA) is 42.0 Å². The molecule has 1 amide bonds. The lowest BCUT2D eigenvalue weighted by atomic mass is 10.1. The quantitative estimate of drug-likeness (QED) is 0.925. The van der Waals surface area contributed by atoms with Gasteiger partial charge in [-0.05, 0) is 48.6 Å². The Morgan fingerprint density at radius 2 is 2.24 bits per heavy atom. The number of pyridine rings is 1. The number of halogens is 1. The molecule has 3 nitrogen and oxygen atoms in total. The van der Waals surface area contributed by atoms with Crippen LogP contribution in [0.1, 0.15) is 34.8 Å². The van der Waals surface area contributed by atoms with Crippen molar-refractivity contribution in [3.8, 4) is 0 Å². The van der Waals surface area contributed by atoms with Gasteiger partial charge in [-0.25, -0.2) is 0 Å². The number of carbonyl (C=O) groups excluding carboxylic acids is 1. The number of benzene rings is 1. The van der Waals surface area contributed by atoms with Crippen LogP contribution < -0.4 is 5.32 Å². The van der Waals surface area contributed by atoms with Gasteiger partial charge in [-0.2, -0.15) is 0 Å². The monoisotopic (exact) mass is 344 g/mol. The number of nitrogens with zero attached hydrogens (tertiary/aromatic N) is 1. The predicted molar refractivity (Wildman–Crippen MR) is 86.0 cm³/mol. The number of amides is 1. The lowest BCUT2D eigenvalue weighted by molar-refractivity contribution is -0.121. The Labute approximate surface area is 132 Å². The number of carbonyl (C=O) groups is 1. The molecule has 0 fully saturated rings. The van der Waals surface area contributed by atoms with E-state index in [2.05, 4.69) is 38.4 Å². The van der Waals surface area contributed by atoms with Crippen LogP contribution in [0, 0.1) is 6.92 Å². The summed E-state index contributed by atoms with van der Waals surface area (Å²) >= 11 is 3.58. The van der Waals surface area contributed by atoms with Crippen molar-refractivity contribution in [1.29, 1.82) is 0 Å². The summed E-state index contributed by atoms with van der Waals surface area (Å²) < 4.78 is 1.14. The molecule has 1 atom stereocenters. The van der Waals surface area contributed by atoms with E-state index in [1.54, 1.807) is 6.20 Å². The molecule has 0 unspecified atom stereocenters. The molecular formula is C17H17BrN2O. The minimum Gasteiger partial charge on any atom is -0.349 e. The Hall–Kier alpha value is -1.68. The van der Waals surface area contributed by atoms with Gasteiger partial charge >= 0.3 is 0 Å². The third-order valence-electron chi connectivity index (χ3n) is 3.89. The van der Waals surface area contributed by atoms with Gasteiger partial charge in [0, 0.05) is 16.4 Å². The number of aromatic nitrogens is 1. The summed E-state index contributed by atoms with van der Waals surface area (Å²) in [5.41, 5.74) is 4.47. The average Bonchev–Trinajstić information content (AvgIpc) is 2.86. The molecule has 2 aromatic rings. The van der Waals surface area contributed by atoms with Gasteiger partial charge in [-0.1, -0.05) is 34.1 Å². The highest BCUT2D eigenvalue weighted by Crippen LogP contribution is 2.35. The molecule has 3 rings (SSSR count). The van der Waals surface area contributed by atoms with Crippen molar-refractivity contribution in [2.45, 2.75) is 32.2 Å². The Balaban J connectivity index is 1.67. The number of hydrogen-bond donors (Lipinski definition) is 1. The Kier molecular flexibility index (Phi) is 4.06. The zero-order valence-corrected chi connectivity index (χ0v) is 13.5. The lowest BCUT2D eigenvalue weighted by Crippen LogP contribution is -2.28. The van der Waals surface area contributed by atoms with Crippen molar-refractivity contribution in [3.05, 3.63) is 63.4 Å². The zero-order valence-electron chi connectivity index (χ0n) is 11.9. The highest BCUT2D eigenvalue weighted by Gasteiger charge is 2.25. The molecule has 0 aliphatic heterocycles. The molecule has 1 aromatic carbocycles. The number of nitrogens with one attached hydrogen (secondary N) is 1. The number of rotatable bonds is 3. The van der Waals surface area contributed by atoms with Crippen LogP contribution in [-0.4, -0.2) is 10.9 Å². The summed E-state index contributed by atoms with van der Waals surface area (Å²) in [6.07, 6.45) is 4.13. The molecule has 0 saturated heterocycles. The van der Waals surface area contributed by atoms with Crippen LogP contribution in [-0.2, 0) is 17.6 Å². The van der Waals surface area contributed by atoms with Gasteiger partial charge in [-0.3, -0.25) is 9.78 Å². The molecule has 0 saturated carbocycles. The zero-order chi connectivity index (χ0) is 14.8. The number of aryl methyl sites for hydroxylation is 1. The highest BCUT2D eigenvalue weighted by molar-refractivity contribution is 9.10. The summed E-state index contributed by atoms with van der Waals surface area (Å²) in [6, 6.07) is 10.2. The molecule has 1 N–H and O–H groups in total. The fraction of sp³-hybridized carbons (Fsp3) is 0.294. The minimum absolute atomic E-state index is 0.0541. The summed E-state index contributed by atoms with van der Waals surface area (Å²) in [5.74, 6) is 0.0541. The van der Waals surface area contributed by atoms with E-state index in [1.165, 1.54) is 11.1 Å². The summed E-state index contributed by atoms with van der Waals surface area (Å²) in [7, 11) is 0. The maximum absolute atomic E-state index is 12.2. The predicted octanol–water partition coefficient (Wildman–Crippen LogP) is 3.50. The molecule has 0 bridgehead atoms. The van der Waals surface area contributed by atoms with E-state index in [-0.39, 0.29) is 11.9 Å². The largest absolute Gasteiger partial charge is 0.349 e. The van der Waals surface area contributed by atoms with Crippen LogP contribution in [0.25, 0.3) is 0 Å². The normalized spacial score (nSPS) is 16.6. The van der Waals surface area contributed by atoms with E-state index in [0.29, 0.717) is 6.42 Å². The van der Waals surface area contributed by atoms with Gasteiger partial charge in [0.1, 0.15) is 0 Å². The van der Waals surface area contributed by atoms with Crippen LogP contribution in [0.2, 0.25) is 0 Å². The molecular weight excluding hydrogens is 328 g/mol. The van der Waals surface area contributed by atoms with Crippen LogP contribution in [0.4, 0.5) is 0 Å². The van der Waals surface area contributed by atoms with Gasteiger partial charge < -0.3 is 5.32 Å². The van der Waals surface area contributed by atoms with E-state index in [9.17, 15) is 4.79 Å². The molecule has 21 heavy (non-hydrogen) atoms. The Morgan fingerprint density at radius 3 is 3.00 bits per heavy atom. The van der Waals surface area contributed by atoms with Crippen LogP contribution in [0.3, 0.4) is 0 Å². The molecule has 1 aromatic heterocycles. The van der Waals surface area contributed by atoms with E-state index < -0.39 is 0 Å². The molecule has 1 aliphatic carbocycles. The first kappa shape index (κ1) is 14.3. The standard InChI is InChI=1S/C17H17BrN2O/c1-11-5-6-12(10-19-11)9-17(21)20-16-8-7-13-14(16)3-2-4-15(13)18/h2-6,10,16H,7-9H2,1H3,(H,20,21)/t16-/m0/s1. The fourth-order valence-electron chi connectivity index (χ4n) is 2.79. The van der Waals surface area contributed by atoms with Crippen molar-refractivity contribution in [3.63, 3.8) is 0 Å². The lowest BCUT2D eigenvalue weighted by Gasteiger charge is -2.14. The SMILES string of the molecule is Cc1ccc(CC(=O)N[C@H]2CCc3c(Br)cccc32)cn1. The van der Waals surface area contributed by atoms with Gasteiger partial charge in [0.2, 0.25) is 5.91 Å².